The van der Waals surface area contributed by atoms with E-state index in [4.69, 9.17) is 5.73 Å². The summed E-state index contributed by atoms with van der Waals surface area (Å²) in [4.78, 5) is 26.3. The lowest BCUT2D eigenvalue weighted by Gasteiger charge is -2.28. The van der Waals surface area contributed by atoms with Crippen molar-refractivity contribution in [3.05, 3.63) is 70.9 Å². The quantitative estimate of drug-likeness (QED) is 0.693. The predicted molar refractivity (Wildman–Crippen MR) is 107 cm³/mol. The zero-order valence-electron chi connectivity index (χ0n) is 16.2. The zero-order valence-corrected chi connectivity index (χ0v) is 16.2. The summed E-state index contributed by atoms with van der Waals surface area (Å²) in [6, 6.07) is 9.94. The number of rotatable bonds is 3. The highest BCUT2D eigenvalue weighted by Gasteiger charge is 2.30. The lowest BCUT2D eigenvalue weighted by Crippen LogP contribution is -2.41. The molecule has 0 aliphatic carbocycles. The molecular formula is C21H19F2N5O2. The van der Waals surface area contributed by atoms with Gasteiger partial charge in [-0.2, -0.15) is 5.10 Å². The summed E-state index contributed by atoms with van der Waals surface area (Å²) in [6.45, 7) is 2.28. The topological polar surface area (TPSA) is 93.2 Å². The third-order valence-corrected chi connectivity index (χ3v) is 5.05. The van der Waals surface area contributed by atoms with E-state index in [1.807, 2.05) is 0 Å². The molecule has 1 aromatic heterocycles. The number of urea groups is 1. The largest absolute Gasteiger partial charge is 0.365 e. The number of hydrogen-bond acceptors (Lipinski definition) is 3. The molecule has 1 aliphatic heterocycles. The molecule has 3 amide bonds. The number of hydrogen-bond donors (Lipinski definition) is 2. The molecule has 2 heterocycles. The number of halogens is 2. The number of benzene rings is 2. The molecule has 9 heteroatoms. The van der Waals surface area contributed by atoms with Gasteiger partial charge in [0, 0.05) is 12.1 Å². The molecule has 154 valence electrons. The molecule has 0 bridgehead atoms. The first-order valence-corrected chi connectivity index (χ1v) is 9.31. The van der Waals surface area contributed by atoms with Gasteiger partial charge >= 0.3 is 6.03 Å². The maximum atomic E-state index is 14.2. The lowest BCUT2D eigenvalue weighted by atomic mass is 10.0. The summed E-state index contributed by atoms with van der Waals surface area (Å²) in [5.41, 5.74) is 7.36. The van der Waals surface area contributed by atoms with Gasteiger partial charge < -0.3 is 16.0 Å². The predicted octanol–water partition coefficient (Wildman–Crippen LogP) is 3.28. The summed E-state index contributed by atoms with van der Waals surface area (Å²) >= 11 is 0. The highest BCUT2D eigenvalue weighted by Crippen LogP contribution is 2.29. The van der Waals surface area contributed by atoms with Crippen molar-refractivity contribution in [1.29, 1.82) is 0 Å². The van der Waals surface area contributed by atoms with E-state index >= 15 is 0 Å². The lowest BCUT2D eigenvalue weighted by molar-refractivity contribution is 0.0997. The van der Waals surface area contributed by atoms with Crippen molar-refractivity contribution in [3.8, 4) is 11.3 Å². The summed E-state index contributed by atoms with van der Waals surface area (Å²) in [7, 11) is 0. The van der Waals surface area contributed by atoms with Crippen LogP contribution in [0.3, 0.4) is 0 Å². The Morgan fingerprint density at radius 1 is 1.13 bits per heavy atom. The van der Waals surface area contributed by atoms with Crippen molar-refractivity contribution in [1.82, 2.24) is 14.7 Å². The Morgan fingerprint density at radius 3 is 2.63 bits per heavy atom. The van der Waals surface area contributed by atoms with Crippen LogP contribution >= 0.6 is 0 Å². The van der Waals surface area contributed by atoms with Crippen LogP contribution in [0.5, 0.6) is 0 Å². The van der Waals surface area contributed by atoms with E-state index in [1.54, 1.807) is 29.8 Å². The molecular weight excluding hydrogens is 392 g/mol. The fourth-order valence-electron chi connectivity index (χ4n) is 3.53. The third kappa shape index (κ3) is 3.49. The number of carbonyl (C=O) groups excluding carboxylic acids is 2. The Labute approximate surface area is 171 Å². The van der Waals surface area contributed by atoms with E-state index in [9.17, 15) is 18.4 Å². The van der Waals surface area contributed by atoms with Crippen LogP contribution in [0.1, 0.15) is 21.6 Å². The van der Waals surface area contributed by atoms with Gasteiger partial charge in [-0.1, -0.05) is 24.3 Å². The van der Waals surface area contributed by atoms with Gasteiger partial charge in [0.05, 0.1) is 30.0 Å². The maximum Gasteiger partial charge on any atom is 0.322 e. The van der Waals surface area contributed by atoms with Gasteiger partial charge in [0.25, 0.3) is 5.91 Å². The smallest absolute Gasteiger partial charge is 0.322 e. The van der Waals surface area contributed by atoms with Crippen LogP contribution < -0.4 is 11.1 Å². The van der Waals surface area contributed by atoms with E-state index in [0.29, 0.717) is 29.9 Å². The average molecular weight is 411 g/mol. The number of nitrogens with one attached hydrogen (secondary N) is 1. The molecule has 30 heavy (non-hydrogen) atoms. The second-order valence-electron chi connectivity index (χ2n) is 7.06. The molecule has 2 aromatic carbocycles. The van der Waals surface area contributed by atoms with Crippen LogP contribution in [0.4, 0.5) is 19.3 Å². The number of amides is 3. The standard InChI is InChI=1S/C21H19F2N5O2/c1-12-4-2-7-15(18(12)23)25-21(30)27-8-9-28-16(11-27)17(20(24)29)19(26-28)13-5-3-6-14(22)10-13/h2-7,10H,8-9,11H2,1H3,(H2,24,29)(H,25,30). The van der Waals surface area contributed by atoms with E-state index in [1.165, 1.54) is 29.2 Å². The molecule has 7 nitrogen and oxygen atoms in total. The minimum absolute atomic E-state index is 0.0554. The number of primary amides is 1. The van der Waals surface area contributed by atoms with Gasteiger partial charge in [-0.3, -0.25) is 9.48 Å². The molecule has 0 saturated heterocycles. The zero-order chi connectivity index (χ0) is 21.4. The van der Waals surface area contributed by atoms with Crippen LogP contribution in [-0.2, 0) is 13.1 Å². The minimum Gasteiger partial charge on any atom is -0.365 e. The van der Waals surface area contributed by atoms with Gasteiger partial charge in [-0.15, -0.1) is 0 Å². The first kappa shape index (κ1) is 19.6. The Balaban J connectivity index is 1.64. The van der Waals surface area contributed by atoms with Gasteiger partial charge in [-0.05, 0) is 30.7 Å². The Bertz CT molecular complexity index is 1160. The normalized spacial score (nSPS) is 13.1. The van der Waals surface area contributed by atoms with Crippen LogP contribution in [0, 0.1) is 18.6 Å². The van der Waals surface area contributed by atoms with Crippen molar-refractivity contribution < 1.29 is 18.4 Å². The Morgan fingerprint density at radius 2 is 1.90 bits per heavy atom. The molecule has 3 aromatic rings. The summed E-state index contributed by atoms with van der Waals surface area (Å²) in [5, 5.41) is 6.98. The molecule has 0 unspecified atom stereocenters. The third-order valence-electron chi connectivity index (χ3n) is 5.05. The second-order valence-corrected chi connectivity index (χ2v) is 7.06. The summed E-state index contributed by atoms with van der Waals surface area (Å²) in [5.74, 6) is -1.68. The second kappa shape index (κ2) is 7.58. The number of aryl methyl sites for hydroxylation is 1. The van der Waals surface area contributed by atoms with Gasteiger partial charge in [0.15, 0.2) is 0 Å². The summed E-state index contributed by atoms with van der Waals surface area (Å²) < 4.78 is 29.5. The van der Waals surface area contributed by atoms with E-state index in [0.717, 1.165) is 0 Å². The van der Waals surface area contributed by atoms with Crippen LogP contribution in [0.25, 0.3) is 11.3 Å². The number of anilines is 1. The van der Waals surface area contributed by atoms with E-state index in [-0.39, 0.29) is 23.5 Å². The highest BCUT2D eigenvalue weighted by molar-refractivity contribution is 6.00. The van der Waals surface area contributed by atoms with Crippen LogP contribution in [-0.4, -0.2) is 33.2 Å². The van der Waals surface area contributed by atoms with Crippen molar-refractivity contribution in [3.63, 3.8) is 0 Å². The molecule has 0 fully saturated rings. The minimum atomic E-state index is -0.720. The first-order chi connectivity index (χ1) is 14.3. The fourth-order valence-corrected chi connectivity index (χ4v) is 3.53. The van der Waals surface area contributed by atoms with Gasteiger partial charge in [0.2, 0.25) is 0 Å². The number of aromatic nitrogens is 2. The van der Waals surface area contributed by atoms with Crippen LogP contribution in [0.2, 0.25) is 0 Å². The van der Waals surface area contributed by atoms with E-state index in [2.05, 4.69) is 10.4 Å². The monoisotopic (exact) mass is 411 g/mol. The molecule has 0 atom stereocenters. The Kier molecular flexibility index (Phi) is 4.94. The number of nitrogens with two attached hydrogens (primary N) is 1. The number of nitrogens with zero attached hydrogens (tertiary/aromatic N) is 3. The summed E-state index contributed by atoms with van der Waals surface area (Å²) in [6.07, 6.45) is 0. The van der Waals surface area contributed by atoms with Gasteiger partial charge in [0.1, 0.15) is 17.3 Å². The van der Waals surface area contributed by atoms with Crippen molar-refractivity contribution in [2.45, 2.75) is 20.0 Å². The van der Waals surface area contributed by atoms with Gasteiger partial charge in [-0.25, -0.2) is 13.6 Å². The number of carbonyl (C=O) groups is 2. The number of fused-ring (bicyclic) bond motifs is 1. The molecule has 0 saturated carbocycles. The van der Waals surface area contributed by atoms with E-state index < -0.39 is 23.6 Å². The highest BCUT2D eigenvalue weighted by atomic mass is 19.1. The Hall–Kier alpha value is -3.75. The van der Waals surface area contributed by atoms with Crippen molar-refractivity contribution in [2.75, 3.05) is 11.9 Å². The molecule has 0 radical (unpaired) electrons. The van der Waals surface area contributed by atoms with Crippen molar-refractivity contribution >= 4 is 17.6 Å². The molecule has 1 aliphatic rings. The van der Waals surface area contributed by atoms with Crippen LogP contribution in [0.15, 0.2) is 42.5 Å². The molecule has 3 N–H and O–H groups in total. The SMILES string of the molecule is Cc1cccc(NC(=O)N2CCn3nc(-c4cccc(F)c4)c(C(N)=O)c3C2)c1F. The molecule has 4 rings (SSSR count). The maximum absolute atomic E-state index is 14.2. The molecule has 0 spiro atoms. The fraction of sp³-hybridized carbons (Fsp3) is 0.190. The average Bonchev–Trinajstić information content (AvgIpc) is 3.10. The van der Waals surface area contributed by atoms with Crippen molar-refractivity contribution in [2.24, 2.45) is 5.73 Å². The first-order valence-electron chi connectivity index (χ1n) is 9.31.